The normalized spacial score (nSPS) is 11.5. The minimum atomic E-state index is -1.11. The second-order valence-electron chi connectivity index (χ2n) is 8.27. The van der Waals surface area contributed by atoms with Gasteiger partial charge in [0.1, 0.15) is 18.4 Å². The van der Waals surface area contributed by atoms with Crippen LogP contribution in [0.25, 0.3) is 0 Å². The maximum absolute atomic E-state index is 12.0. The molecule has 1 amide bonds. The van der Waals surface area contributed by atoms with Crippen molar-refractivity contribution in [3.63, 3.8) is 0 Å². The van der Waals surface area contributed by atoms with Crippen molar-refractivity contribution in [2.24, 2.45) is 0 Å². The molecule has 0 aromatic heterocycles. The van der Waals surface area contributed by atoms with Crippen LogP contribution in [0.5, 0.6) is 5.75 Å². The SMILES string of the molecule is CCCCCCCCCCOc1ccc(C[C@H](NC(=O)OCc2ccccc2)C(=O)O)cc1. The Morgan fingerprint density at radius 2 is 1.48 bits per heavy atom. The van der Waals surface area contributed by atoms with Crippen LogP contribution in [-0.2, 0) is 22.6 Å². The molecular formula is C27H37NO5. The highest BCUT2D eigenvalue weighted by Crippen LogP contribution is 2.15. The monoisotopic (exact) mass is 455 g/mol. The van der Waals surface area contributed by atoms with E-state index in [4.69, 9.17) is 9.47 Å². The number of unbranched alkanes of at least 4 members (excludes halogenated alkanes) is 7. The third kappa shape index (κ3) is 11.4. The van der Waals surface area contributed by atoms with E-state index in [0.717, 1.165) is 23.3 Å². The fraction of sp³-hybridized carbons (Fsp3) is 0.481. The Labute approximate surface area is 197 Å². The Bertz CT molecular complexity index is 807. The first-order chi connectivity index (χ1) is 16.1. The lowest BCUT2D eigenvalue weighted by Crippen LogP contribution is -2.42. The highest BCUT2D eigenvalue weighted by atomic mass is 16.5. The molecule has 6 nitrogen and oxygen atoms in total. The van der Waals surface area contributed by atoms with E-state index in [1.165, 1.54) is 44.9 Å². The van der Waals surface area contributed by atoms with Crippen LogP contribution in [0.3, 0.4) is 0 Å². The maximum Gasteiger partial charge on any atom is 0.408 e. The van der Waals surface area contributed by atoms with Crippen LogP contribution in [0.4, 0.5) is 4.79 Å². The number of carbonyl (C=O) groups excluding carboxylic acids is 1. The first-order valence-corrected chi connectivity index (χ1v) is 12.0. The quantitative estimate of drug-likeness (QED) is 0.298. The lowest BCUT2D eigenvalue weighted by molar-refractivity contribution is -0.139. The minimum Gasteiger partial charge on any atom is -0.494 e. The zero-order valence-corrected chi connectivity index (χ0v) is 19.6. The van der Waals surface area contributed by atoms with E-state index in [1.807, 2.05) is 54.6 Å². The van der Waals surface area contributed by atoms with Crippen LogP contribution in [0.1, 0.15) is 69.4 Å². The van der Waals surface area contributed by atoms with Gasteiger partial charge in [-0.2, -0.15) is 0 Å². The van der Waals surface area contributed by atoms with Crippen LogP contribution < -0.4 is 10.1 Å². The summed E-state index contributed by atoms with van der Waals surface area (Å²) >= 11 is 0. The molecule has 0 saturated heterocycles. The van der Waals surface area contributed by atoms with Crippen LogP contribution in [0.15, 0.2) is 54.6 Å². The average Bonchev–Trinajstić information content (AvgIpc) is 2.83. The lowest BCUT2D eigenvalue weighted by atomic mass is 10.1. The van der Waals surface area contributed by atoms with Gasteiger partial charge in [0.2, 0.25) is 0 Å². The fourth-order valence-corrected chi connectivity index (χ4v) is 3.49. The summed E-state index contributed by atoms with van der Waals surface area (Å²) in [5, 5.41) is 11.9. The summed E-state index contributed by atoms with van der Waals surface area (Å²) in [7, 11) is 0. The first-order valence-electron chi connectivity index (χ1n) is 12.0. The summed E-state index contributed by atoms with van der Waals surface area (Å²) in [6, 6.07) is 15.5. The number of aliphatic carboxylic acids is 1. The molecular weight excluding hydrogens is 418 g/mol. The Kier molecular flexibility index (Phi) is 12.5. The van der Waals surface area contributed by atoms with E-state index < -0.39 is 18.1 Å². The molecule has 0 aliphatic heterocycles. The van der Waals surface area contributed by atoms with E-state index in [0.29, 0.717) is 6.61 Å². The molecule has 0 fully saturated rings. The van der Waals surface area contributed by atoms with Gasteiger partial charge in [-0.25, -0.2) is 9.59 Å². The zero-order valence-electron chi connectivity index (χ0n) is 19.6. The molecule has 2 rings (SSSR count). The zero-order chi connectivity index (χ0) is 23.7. The molecule has 1 atom stereocenters. The molecule has 0 spiro atoms. The fourth-order valence-electron chi connectivity index (χ4n) is 3.49. The Morgan fingerprint density at radius 1 is 0.848 bits per heavy atom. The number of rotatable bonds is 16. The van der Waals surface area contributed by atoms with E-state index in [9.17, 15) is 14.7 Å². The minimum absolute atomic E-state index is 0.0872. The van der Waals surface area contributed by atoms with E-state index in [2.05, 4.69) is 12.2 Å². The van der Waals surface area contributed by atoms with Gasteiger partial charge in [0.15, 0.2) is 0 Å². The van der Waals surface area contributed by atoms with Crippen molar-refractivity contribution >= 4 is 12.1 Å². The first kappa shape index (κ1) is 26.2. The molecule has 0 aliphatic rings. The van der Waals surface area contributed by atoms with Crippen molar-refractivity contribution in [2.75, 3.05) is 6.61 Å². The number of benzene rings is 2. The van der Waals surface area contributed by atoms with Gasteiger partial charge in [0.05, 0.1) is 6.61 Å². The van der Waals surface area contributed by atoms with E-state index in [-0.39, 0.29) is 13.0 Å². The van der Waals surface area contributed by atoms with Crippen LogP contribution in [0, 0.1) is 0 Å². The topological polar surface area (TPSA) is 84.9 Å². The van der Waals surface area contributed by atoms with Crippen molar-refractivity contribution < 1.29 is 24.2 Å². The lowest BCUT2D eigenvalue weighted by Gasteiger charge is -2.15. The van der Waals surface area contributed by atoms with Crippen LogP contribution in [-0.4, -0.2) is 29.8 Å². The summed E-state index contributed by atoms with van der Waals surface area (Å²) in [5.74, 6) is -0.342. The van der Waals surface area contributed by atoms with Gasteiger partial charge in [-0.15, -0.1) is 0 Å². The molecule has 0 aliphatic carbocycles. The molecule has 0 bridgehead atoms. The highest BCUT2D eigenvalue weighted by Gasteiger charge is 2.21. The smallest absolute Gasteiger partial charge is 0.408 e. The third-order valence-electron chi connectivity index (χ3n) is 5.43. The molecule has 2 N–H and O–H groups in total. The second-order valence-corrected chi connectivity index (χ2v) is 8.27. The summed E-state index contributed by atoms with van der Waals surface area (Å²) in [4.78, 5) is 23.6. The average molecular weight is 456 g/mol. The van der Waals surface area contributed by atoms with Crippen molar-refractivity contribution in [2.45, 2.75) is 77.4 Å². The van der Waals surface area contributed by atoms with Gasteiger partial charge in [-0.1, -0.05) is 94.3 Å². The van der Waals surface area contributed by atoms with Crippen LogP contribution in [0.2, 0.25) is 0 Å². The number of ether oxygens (including phenoxy) is 2. The Hall–Kier alpha value is -3.02. The number of carboxylic acids is 1. The van der Waals surface area contributed by atoms with Gasteiger partial charge < -0.3 is 19.9 Å². The van der Waals surface area contributed by atoms with Crippen molar-refractivity contribution in [3.8, 4) is 5.75 Å². The van der Waals surface area contributed by atoms with E-state index >= 15 is 0 Å². The number of carboxylic acid groups (broad SMARTS) is 1. The predicted octanol–water partition coefficient (Wildman–Crippen LogP) is 6.13. The number of alkyl carbamates (subject to hydrolysis) is 1. The molecule has 0 unspecified atom stereocenters. The molecule has 180 valence electrons. The van der Waals surface area contributed by atoms with Crippen molar-refractivity contribution in [3.05, 3.63) is 65.7 Å². The largest absolute Gasteiger partial charge is 0.494 e. The molecule has 0 radical (unpaired) electrons. The van der Waals surface area contributed by atoms with Gasteiger partial charge >= 0.3 is 12.1 Å². The summed E-state index contributed by atoms with van der Waals surface area (Å²) in [5.41, 5.74) is 1.63. The molecule has 33 heavy (non-hydrogen) atoms. The molecule has 2 aromatic carbocycles. The number of hydrogen-bond acceptors (Lipinski definition) is 4. The number of amides is 1. The van der Waals surface area contributed by atoms with Gasteiger partial charge in [-0.3, -0.25) is 0 Å². The number of hydrogen-bond donors (Lipinski definition) is 2. The Morgan fingerprint density at radius 3 is 2.12 bits per heavy atom. The second kappa shape index (κ2) is 15.7. The Balaban J connectivity index is 1.68. The third-order valence-corrected chi connectivity index (χ3v) is 5.43. The van der Waals surface area contributed by atoms with Crippen LogP contribution >= 0.6 is 0 Å². The van der Waals surface area contributed by atoms with Crippen molar-refractivity contribution in [1.29, 1.82) is 0 Å². The molecule has 6 heteroatoms. The molecule has 0 saturated carbocycles. The van der Waals surface area contributed by atoms with Gasteiger partial charge in [0.25, 0.3) is 0 Å². The standard InChI is InChI=1S/C27H37NO5/c1-2-3-4-5-6-7-8-12-19-32-24-17-15-22(16-18-24)20-25(26(29)30)28-27(31)33-21-23-13-10-9-11-14-23/h9-11,13-18,25H,2-8,12,19-21H2,1H3,(H,28,31)(H,29,30)/t25-/m0/s1. The van der Waals surface area contributed by atoms with E-state index in [1.54, 1.807) is 0 Å². The van der Waals surface area contributed by atoms with Gasteiger partial charge in [-0.05, 0) is 29.7 Å². The van der Waals surface area contributed by atoms with Crippen molar-refractivity contribution in [1.82, 2.24) is 5.32 Å². The summed E-state index contributed by atoms with van der Waals surface area (Å²) in [6.07, 6.45) is 9.45. The summed E-state index contributed by atoms with van der Waals surface area (Å²) < 4.78 is 10.9. The maximum atomic E-state index is 12.0. The number of carbonyl (C=O) groups is 2. The molecule has 2 aromatic rings. The highest BCUT2D eigenvalue weighted by molar-refractivity contribution is 5.80. The summed E-state index contributed by atoms with van der Waals surface area (Å²) in [6.45, 7) is 3.00. The predicted molar refractivity (Wildman–Crippen MR) is 129 cm³/mol. The van der Waals surface area contributed by atoms with Gasteiger partial charge in [0, 0.05) is 6.42 Å². The number of nitrogens with one attached hydrogen (secondary N) is 1. The molecule has 0 heterocycles.